The maximum absolute atomic E-state index is 13.9. The fourth-order valence-electron chi connectivity index (χ4n) is 3.03. The number of nitrogens with one attached hydrogen (secondary N) is 3. The molecule has 2 heterocycles. The number of aromatic nitrogens is 4. The van der Waals surface area contributed by atoms with E-state index in [-0.39, 0.29) is 11.7 Å². The molecule has 0 aliphatic rings. The van der Waals surface area contributed by atoms with Crippen molar-refractivity contribution in [2.45, 2.75) is 20.3 Å². The molecule has 0 amide bonds. The van der Waals surface area contributed by atoms with Crippen molar-refractivity contribution < 1.29 is 9.13 Å². The van der Waals surface area contributed by atoms with Gasteiger partial charge in [-0.1, -0.05) is 13.8 Å². The summed E-state index contributed by atoms with van der Waals surface area (Å²) in [6.07, 6.45) is 0.421. The van der Waals surface area contributed by atoms with Crippen LogP contribution < -0.4 is 10.5 Å². The molecule has 0 atom stereocenters. The number of aromatic amines is 2. The molecule has 5 N–H and O–H groups in total. The molecule has 0 fully saturated rings. The highest BCUT2D eigenvalue weighted by Gasteiger charge is 2.14. The van der Waals surface area contributed by atoms with Gasteiger partial charge in [0, 0.05) is 11.6 Å². The Morgan fingerprint density at radius 1 is 1.14 bits per heavy atom. The second-order valence-corrected chi connectivity index (χ2v) is 7.19. The Morgan fingerprint density at radius 2 is 1.89 bits per heavy atom. The van der Waals surface area contributed by atoms with Crippen molar-refractivity contribution in [1.82, 2.24) is 19.9 Å². The van der Waals surface area contributed by atoms with Gasteiger partial charge in [0.25, 0.3) is 0 Å². The number of halogens is 1. The Bertz CT molecular complexity index is 1180. The standard InChI is InChI=1S/C20H21FN6O/c1-10(2)9-28-16-7-12(21)6-15-19(16)27-18(26-15)8-17-24-13-4-3-11(20(22)23)5-14(13)25-17/h3-7,10H,8-9H2,1-2H3,(H3,22,23)(H,24,25)(H,26,27). The monoisotopic (exact) mass is 380 g/mol. The number of imidazole rings is 2. The van der Waals surface area contributed by atoms with Crippen LogP contribution in [0.3, 0.4) is 0 Å². The largest absolute Gasteiger partial charge is 0.491 e. The number of nitrogen functional groups attached to an aromatic ring is 1. The first kappa shape index (κ1) is 18.0. The molecule has 0 aliphatic carbocycles. The van der Waals surface area contributed by atoms with Gasteiger partial charge in [0.2, 0.25) is 0 Å². The van der Waals surface area contributed by atoms with Gasteiger partial charge in [-0.05, 0) is 30.2 Å². The summed E-state index contributed by atoms with van der Waals surface area (Å²) in [5, 5.41) is 7.54. The Kier molecular flexibility index (Phi) is 4.46. The van der Waals surface area contributed by atoms with Gasteiger partial charge in [-0.15, -0.1) is 0 Å². The van der Waals surface area contributed by atoms with Crippen LogP contribution in [0, 0.1) is 17.1 Å². The molecule has 7 nitrogen and oxygen atoms in total. The van der Waals surface area contributed by atoms with Crippen molar-refractivity contribution >= 4 is 27.9 Å². The topological polar surface area (TPSA) is 116 Å². The summed E-state index contributed by atoms with van der Waals surface area (Å²) in [6.45, 7) is 4.56. The fraction of sp³-hybridized carbons (Fsp3) is 0.250. The SMILES string of the molecule is CC(C)COc1cc(F)cc2[nH]c(Cc3nc4ccc(C(=N)N)cc4[nH]3)nc12. The van der Waals surface area contributed by atoms with E-state index in [4.69, 9.17) is 15.9 Å². The minimum atomic E-state index is -0.373. The minimum Gasteiger partial charge on any atom is -0.491 e. The van der Waals surface area contributed by atoms with Gasteiger partial charge in [-0.2, -0.15) is 0 Å². The molecule has 0 saturated carbocycles. The highest BCUT2D eigenvalue weighted by molar-refractivity contribution is 5.97. The molecule has 2 aromatic carbocycles. The third-order valence-electron chi connectivity index (χ3n) is 4.31. The van der Waals surface area contributed by atoms with Gasteiger partial charge in [-0.3, -0.25) is 5.41 Å². The Labute approximate surface area is 160 Å². The summed E-state index contributed by atoms with van der Waals surface area (Å²) >= 11 is 0. The molecule has 8 heteroatoms. The van der Waals surface area contributed by atoms with Gasteiger partial charge in [0.05, 0.1) is 29.6 Å². The van der Waals surface area contributed by atoms with E-state index in [1.807, 2.05) is 19.9 Å². The summed E-state index contributed by atoms with van der Waals surface area (Å²) in [6, 6.07) is 8.14. The molecule has 0 radical (unpaired) electrons. The van der Waals surface area contributed by atoms with Crippen LogP contribution in [0.4, 0.5) is 4.39 Å². The van der Waals surface area contributed by atoms with Crippen molar-refractivity contribution in [3.8, 4) is 5.75 Å². The Hall–Kier alpha value is -3.42. The van der Waals surface area contributed by atoms with Crippen LogP contribution in [-0.4, -0.2) is 32.4 Å². The van der Waals surface area contributed by atoms with Gasteiger partial charge in [0.15, 0.2) is 0 Å². The van der Waals surface area contributed by atoms with E-state index in [0.717, 1.165) is 11.0 Å². The maximum atomic E-state index is 13.9. The molecule has 2 aromatic heterocycles. The van der Waals surface area contributed by atoms with Crippen LogP contribution in [0.25, 0.3) is 22.1 Å². The second kappa shape index (κ2) is 6.95. The quantitative estimate of drug-likeness (QED) is 0.303. The predicted octanol–water partition coefficient (Wildman–Crippen LogP) is 3.49. The van der Waals surface area contributed by atoms with Gasteiger partial charge in [-0.25, -0.2) is 14.4 Å². The number of rotatable bonds is 6. The fourth-order valence-corrected chi connectivity index (χ4v) is 3.03. The molecule has 4 rings (SSSR count). The lowest BCUT2D eigenvalue weighted by Crippen LogP contribution is -2.10. The molecular weight excluding hydrogens is 359 g/mol. The summed E-state index contributed by atoms with van der Waals surface area (Å²) in [5.41, 5.74) is 8.94. The number of ether oxygens (including phenoxy) is 1. The van der Waals surface area contributed by atoms with Crippen molar-refractivity contribution in [2.24, 2.45) is 11.7 Å². The van der Waals surface area contributed by atoms with Gasteiger partial charge >= 0.3 is 0 Å². The van der Waals surface area contributed by atoms with E-state index in [2.05, 4.69) is 19.9 Å². The molecule has 0 spiro atoms. The molecule has 144 valence electrons. The molecule has 0 saturated heterocycles. The molecular formula is C20H21FN6O. The van der Waals surface area contributed by atoms with E-state index in [9.17, 15) is 4.39 Å². The van der Waals surface area contributed by atoms with Crippen LogP contribution >= 0.6 is 0 Å². The normalized spacial score (nSPS) is 11.6. The van der Waals surface area contributed by atoms with Crippen LogP contribution in [-0.2, 0) is 6.42 Å². The average Bonchev–Trinajstić information content (AvgIpc) is 3.21. The first-order valence-corrected chi connectivity index (χ1v) is 9.03. The van der Waals surface area contributed by atoms with Crippen LogP contribution in [0.1, 0.15) is 31.1 Å². The minimum absolute atomic E-state index is 0.00582. The van der Waals surface area contributed by atoms with E-state index in [1.54, 1.807) is 12.1 Å². The highest BCUT2D eigenvalue weighted by atomic mass is 19.1. The van der Waals surface area contributed by atoms with E-state index >= 15 is 0 Å². The van der Waals surface area contributed by atoms with Crippen LogP contribution in [0.15, 0.2) is 30.3 Å². The lowest BCUT2D eigenvalue weighted by molar-refractivity contribution is 0.272. The molecule has 28 heavy (non-hydrogen) atoms. The first-order chi connectivity index (χ1) is 13.4. The summed E-state index contributed by atoms with van der Waals surface area (Å²) in [4.78, 5) is 15.5. The number of fused-ring (bicyclic) bond motifs is 2. The third-order valence-corrected chi connectivity index (χ3v) is 4.31. The van der Waals surface area contributed by atoms with Gasteiger partial charge in [0.1, 0.15) is 34.6 Å². The third kappa shape index (κ3) is 3.53. The Balaban J connectivity index is 1.65. The number of hydrogen-bond acceptors (Lipinski definition) is 4. The van der Waals surface area contributed by atoms with Crippen molar-refractivity contribution in [2.75, 3.05) is 6.61 Å². The second-order valence-electron chi connectivity index (χ2n) is 7.19. The summed E-state index contributed by atoms with van der Waals surface area (Å²) < 4.78 is 19.7. The van der Waals surface area contributed by atoms with E-state index < -0.39 is 0 Å². The van der Waals surface area contributed by atoms with Gasteiger partial charge < -0.3 is 20.4 Å². The van der Waals surface area contributed by atoms with E-state index in [0.29, 0.717) is 52.9 Å². The summed E-state index contributed by atoms with van der Waals surface area (Å²) in [5.74, 6) is 1.75. The number of hydrogen-bond donors (Lipinski definition) is 4. The average molecular weight is 380 g/mol. The zero-order valence-corrected chi connectivity index (χ0v) is 15.6. The molecule has 0 bridgehead atoms. The Morgan fingerprint density at radius 3 is 2.64 bits per heavy atom. The predicted molar refractivity (Wildman–Crippen MR) is 106 cm³/mol. The number of amidine groups is 1. The molecule has 4 aromatic rings. The van der Waals surface area contributed by atoms with E-state index in [1.165, 1.54) is 12.1 Å². The van der Waals surface area contributed by atoms with Crippen LogP contribution in [0.5, 0.6) is 5.75 Å². The lowest BCUT2D eigenvalue weighted by atomic mass is 10.2. The first-order valence-electron chi connectivity index (χ1n) is 9.03. The molecule has 0 aliphatic heterocycles. The highest BCUT2D eigenvalue weighted by Crippen LogP contribution is 2.26. The number of H-pyrrole nitrogens is 2. The van der Waals surface area contributed by atoms with Crippen molar-refractivity contribution in [1.29, 1.82) is 5.41 Å². The van der Waals surface area contributed by atoms with Crippen LogP contribution in [0.2, 0.25) is 0 Å². The van der Waals surface area contributed by atoms with Crippen molar-refractivity contribution in [3.63, 3.8) is 0 Å². The lowest BCUT2D eigenvalue weighted by Gasteiger charge is -2.08. The number of benzene rings is 2. The molecule has 0 unspecified atom stereocenters. The number of nitrogens with zero attached hydrogens (tertiary/aromatic N) is 2. The zero-order valence-electron chi connectivity index (χ0n) is 15.6. The summed E-state index contributed by atoms with van der Waals surface area (Å²) in [7, 11) is 0. The smallest absolute Gasteiger partial charge is 0.150 e. The number of nitrogens with two attached hydrogens (primary N) is 1. The van der Waals surface area contributed by atoms with Crippen molar-refractivity contribution in [3.05, 3.63) is 53.4 Å². The zero-order chi connectivity index (χ0) is 19.8. The maximum Gasteiger partial charge on any atom is 0.150 e.